The third-order valence-corrected chi connectivity index (χ3v) is 3.48. The lowest BCUT2D eigenvalue weighted by Crippen LogP contribution is -2.09. The predicted molar refractivity (Wildman–Crippen MR) is 78.4 cm³/mol. The Morgan fingerprint density at radius 2 is 2.22 bits per heavy atom. The molecule has 1 aromatic rings. The van der Waals surface area contributed by atoms with Crippen molar-refractivity contribution < 1.29 is 14.3 Å². The van der Waals surface area contributed by atoms with Crippen LogP contribution in [-0.4, -0.2) is 29.6 Å². The highest BCUT2D eigenvalue weighted by molar-refractivity contribution is 8.23. The smallest absolute Gasteiger partial charge is 0.316 e. The molecule has 0 aromatic heterocycles. The third-order valence-electron chi connectivity index (χ3n) is 2.14. The molecule has 0 heterocycles. The first kappa shape index (κ1) is 15.0. The van der Waals surface area contributed by atoms with Crippen LogP contribution in [0.2, 0.25) is 0 Å². The Labute approximate surface area is 117 Å². The molecule has 3 nitrogen and oxygen atoms in total. The molecule has 0 N–H and O–H groups in total. The summed E-state index contributed by atoms with van der Waals surface area (Å²) < 4.78 is 10.8. The molecular weight excluding hydrogens is 268 g/mol. The van der Waals surface area contributed by atoms with Gasteiger partial charge in [0.2, 0.25) is 0 Å². The number of hydrogen-bond donors (Lipinski definition) is 0. The Hall–Kier alpha value is -1.07. The summed E-state index contributed by atoms with van der Waals surface area (Å²) in [6, 6.07) is 7.74. The van der Waals surface area contributed by atoms with Crippen LogP contribution in [0.3, 0.4) is 0 Å². The van der Waals surface area contributed by atoms with E-state index in [4.69, 9.17) is 21.7 Å². The van der Waals surface area contributed by atoms with Crippen LogP contribution in [0.5, 0.6) is 5.75 Å². The summed E-state index contributed by atoms with van der Waals surface area (Å²) in [5.41, 5.74) is 1.08. The first-order valence-electron chi connectivity index (χ1n) is 5.60. The van der Waals surface area contributed by atoms with Gasteiger partial charge in [-0.1, -0.05) is 24.4 Å². The highest BCUT2D eigenvalue weighted by Gasteiger charge is 2.06. The largest absolute Gasteiger partial charge is 0.497 e. The van der Waals surface area contributed by atoms with Gasteiger partial charge < -0.3 is 9.47 Å². The zero-order valence-corrected chi connectivity index (χ0v) is 12.1. The Balaban J connectivity index is 2.42. The van der Waals surface area contributed by atoms with Crippen LogP contribution in [0.25, 0.3) is 0 Å². The zero-order valence-electron chi connectivity index (χ0n) is 10.5. The van der Waals surface area contributed by atoms with Crippen molar-refractivity contribution in [2.75, 3.05) is 19.5 Å². The molecule has 0 atom stereocenters. The molecule has 0 aliphatic carbocycles. The summed E-state index contributed by atoms with van der Waals surface area (Å²) >= 11 is 6.58. The number of methoxy groups -OCH3 is 1. The molecule has 1 aromatic carbocycles. The minimum absolute atomic E-state index is 0.226. The van der Waals surface area contributed by atoms with E-state index in [1.807, 2.05) is 24.3 Å². The van der Waals surface area contributed by atoms with E-state index in [0.717, 1.165) is 15.5 Å². The number of esters is 1. The third kappa shape index (κ3) is 5.51. The molecule has 98 valence electrons. The van der Waals surface area contributed by atoms with E-state index in [-0.39, 0.29) is 11.7 Å². The maximum absolute atomic E-state index is 11.2. The van der Waals surface area contributed by atoms with E-state index in [1.165, 1.54) is 11.8 Å². The molecule has 5 heteroatoms. The van der Waals surface area contributed by atoms with Crippen molar-refractivity contribution in [3.63, 3.8) is 0 Å². The van der Waals surface area contributed by atoms with Crippen LogP contribution in [0, 0.1) is 0 Å². The lowest BCUT2D eigenvalue weighted by Gasteiger charge is -2.06. The van der Waals surface area contributed by atoms with Crippen LogP contribution in [0.1, 0.15) is 12.5 Å². The van der Waals surface area contributed by atoms with Gasteiger partial charge in [-0.05, 0) is 24.6 Å². The molecule has 0 amide bonds. The average molecular weight is 284 g/mol. The highest BCUT2D eigenvalue weighted by atomic mass is 32.2. The standard InChI is InChI=1S/C13H16O3S2/c1-3-16-12(14)9-18-13(17)8-10-5-4-6-11(7-10)15-2/h4-7H,3,8-9H2,1-2H3. The number of carbonyl (C=O) groups is 1. The molecule has 0 aliphatic heterocycles. The molecule has 0 bridgehead atoms. The molecule has 18 heavy (non-hydrogen) atoms. The van der Waals surface area contributed by atoms with E-state index in [1.54, 1.807) is 14.0 Å². The lowest BCUT2D eigenvalue weighted by atomic mass is 10.2. The van der Waals surface area contributed by atoms with Gasteiger partial charge in [0, 0.05) is 6.42 Å². The van der Waals surface area contributed by atoms with E-state index >= 15 is 0 Å². The van der Waals surface area contributed by atoms with Crippen LogP contribution in [-0.2, 0) is 16.0 Å². The molecule has 0 unspecified atom stereocenters. The molecule has 0 aliphatic rings. The summed E-state index contributed by atoms with van der Waals surface area (Å²) in [5.74, 6) is 0.859. The van der Waals surface area contributed by atoms with E-state index in [9.17, 15) is 4.79 Å². The number of ether oxygens (including phenoxy) is 2. The van der Waals surface area contributed by atoms with Crippen molar-refractivity contribution in [1.82, 2.24) is 0 Å². The number of carbonyl (C=O) groups excluding carboxylic acids is 1. The second-order valence-corrected chi connectivity index (χ2v) is 5.32. The lowest BCUT2D eigenvalue weighted by molar-refractivity contribution is -0.139. The Bertz CT molecular complexity index is 418. The first-order chi connectivity index (χ1) is 8.65. The van der Waals surface area contributed by atoms with Gasteiger partial charge in [-0.2, -0.15) is 0 Å². The van der Waals surface area contributed by atoms with Gasteiger partial charge in [0.1, 0.15) is 5.75 Å². The van der Waals surface area contributed by atoms with Gasteiger partial charge >= 0.3 is 5.97 Å². The van der Waals surface area contributed by atoms with Crippen LogP contribution >= 0.6 is 24.0 Å². The summed E-state index contributed by atoms with van der Waals surface area (Å²) in [7, 11) is 1.63. The first-order valence-corrected chi connectivity index (χ1v) is 6.99. The monoisotopic (exact) mass is 284 g/mol. The maximum atomic E-state index is 11.2. The SMILES string of the molecule is CCOC(=O)CSC(=S)Cc1cccc(OC)c1. The van der Waals surface area contributed by atoms with Gasteiger partial charge in [-0.3, -0.25) is 4.79 Å². The van der Waals surface area contributed by atoms with Gasteiger partial charge in [-0.15, -0.1) is 11.8 Å². The van der Waals surface area contributed by atoms with Crippen molar-refractivity contribution in [3.05, 3.63) is 29.8 Å². The molecule has 1 rings (SSSR count). The normalized spacial score (nSPS) is 9.89. The highest BCUT2D eigenvalue weighted by Crippen LogP contribution is 2.16. The predicted octanol–water partition coefficient (Wildman–Crippen LogP) is 2.86. The summed E-state index contributed by atoms with van der Waals surface area (Å²) in [6.45, 7) is 2.19. The fraction of sp³-hybridized carbons (Fsp3) is 0.385. The van der Waals surface area contributed by atoms with Crippen molar-refractivity contribution in [1.29, 1.82) is 0 Å². The molecule has 0 saturated carbocycles. The van der Waals surface area contributed by atoms with Gasteiger partial charge in [0.15, 0.2) is 0 Å². The maximum Gasteiger partial charge on any atom is 0.316 e. The minimum Gasteiger partial charge on any atom is -0.497 e. The zero-order chi connectivity index (χ0) is 13.4. The number of thiocarbonyl (C=S) groups is 1. The summed E-state index contributed by atoms with van der Waals surface area (Å²) in [5, 5.41) is 0. The van der Waals surface area contributed by atoms with Crippen molar-refractivity contribution in [3.8, 4) is 5.75 Å². The van der Waals surface area contributed by atoms with Crippen LogP contribution in [0.15, 0.2) is 24.3 Å². The fourth-order valence-corrected chi connectivity index (χ4v) is 2.32. The van der Waals surface area contributed by atoms with Crippen molar-refractivity contribution >= 4 is 34.1 Å². The average Bonchev–Trinajstić information content (AvgIpc) is 2.37. The van der Waals surface area contributed by atoms with Gasteiger partial charge in [0.05, 0.1) is 23.7 Å². The Morgan fingerprint density at radius 3 is 2.89 bits per heavy atom. The molecule has 0 fully saturated rings. The topological polar surface area (TPSA) is 35.5 Å². The van der Waals surface area contributed by atoms with Crippen molar-refractivity contribution in [2.24, 2.45) is 0 Å². The van der Waals surface area contributed by atoms with Gasteiger partial charge in [0.25, 0.3) is 0 Å². The van der Waals surface area contributed by atoms with Crippen LogP contribution < -0.4 is 4.74 Å². The molecule has 0 saturated heterocycles. The quantitative estimate of drug-likeness (QED) is 0.593. The number of thioether (sulfide) groups is 1. The van der Waals surface area contributed by atoms with Gasteiger partial charge in [-0.25, -0.2) is 0 Å². The second kappa shape index (κ2) is 8.11. The molecular formula is C13H16O3S2. The Kier molecular flexibility index (Phi) is 6.75. The minimum atomic E-state index is -0.226. The van der Waals surface area contributed by atoms with E-state index in [0.29, 0.717) is 13.0 Å². The summed E-state index contributed by atoms with van der Waals surface area (Å²) in [4.78, 5) is 11.2. The number of rotatable bonds is 6. The fourth-order valence-electron chi connectivity index (χ4n) is 1.34. The summed E-state index contributed by atoms with van der Waals surface area (Å²) in [6.07, 6.45) is 0.649. The Morgan fingerprint density at radius 1 is 1.44 bits per heavy atom. The van der Waals surface area contributed by atoms with E-state index in [2.05, 4.69) is 0 Å². The van der Waals surface area contributed by atoms with Crippen LogP contribution in [0.4, 0.5) is 0 Å². The number of benzene rings is 1. The molecule has 0 spiro atoms. The van der Waals surface area contributed by atoms with E-state index < -0.39 is 0 Å². The molecule has 0 radical (unpaired) electrons. The second-order valence-electron chi connectivity index (χ2n) is 3.49. The van der Waals surface area contributed by atoms with Crippen molar-refractivity contribution in [2.45, 2.75) is 13.3 Å². The number of hydrogen-bond acceptors (Lipinski definition) is 5.